The van der Waals surface area contributed by atoms with E-state index in [1.54, 1.807) is 7.05 Å². The molecule has 0 aliphatic rings. The van der Waals surface area contributed by atoms with Gasteiger partial charge in [-0.1, -0.05) is 0 Å². The Morgan fingerprint density at radius 1 is 1.35 bits per heavy atom. The molecule has 0 aromatic heterocycles. The van der Waals surface area contributed by atoms with Gasteiger partial charge in [0, 0.05) is 25.3 Å². The van der Waals surface area contributed by atoms with Crippen molar-refractivity contribution in [3.63, 3.8) is 0 Å². The van der Waals surface area contributed by atoms with Gasteiger partial charge < -0.3 is 4.74 Å². The van der Waals surface area contributed by atoms with Crippen LogP contribution in [-0.4, -0.2) is 31.7 Å². The molecule has 0 radical (unpaired) electrons. The second-order valence-electron chi connectivity index (χ2n) is 3.76. The summed E-state index contributed by atoms with van der Waals surface area (Å²) in [6.07, 6.45) is 0. The average Bonchev–Trinajstić information content (AvgIpc) is 2.30. The number of nitrogens with zero attached hydrogens (tertiary/aromatic N) is 1. The van der Waals surface area contributed by atoms with Gasteiger partial charge in [0.05, 0.1) is 11.1 Å². The Bertz CT molecular complexity index is 374. The zero-order chi connectivity index (χ0) is 12.8. The molecule has 0 aliphatic carbocycles. The summed E-state index contributed by atoms with van der Waals surface area (Å²) in [5.41, 5.74) is 0.0818. The SMILES string of the molecule is CCOCCN(C)Cc1c(F)ccc(Br)c1F. The Hall–Kier alpha value is -0.520. The van der Waals surface area contributed by atoms with E-state index in [9.17, 15) is 8.78 Å². The summed E-state index contributed by atoms with van der Waals surface area (Å²) in [7, 11) is 1.80. The minimum Gasteiger partial charge on any atom is -0.380 e. The summed E-state index contributed by atoms with van der Waals surface area (Å²) in [6.45, 7) is 3.98. The molecule has 1 rings (SSSR count). The molecule has 0 amide bonds. The van der Waals surface area contributed by atoms with Crippen molar-refractivity contribution in [1.29, 1.82) is 0 Å². The Kier molecular flexibility index (Phi) is 6.02. The second kappa shape index (κ2) is 7.03. The van der Waals surface area contributed by atoms with Crippen LogP contribution in [0.5, 0.6) is 0 Å². The van der Waals surface area contributed by atoms with Crippen LogP contribution in [0.2, 0.25) is 0 Å². The summed E-state index contributed by atoms with van der Waals surface area (Å²) in [4.78, 5) is 1.82. The molecule has 0 atom stereocenters. The van der Waals surface area contributed by atoms with E-state index in [-0.39, 0.29) is 16.6 Å². The van der Waals surface area contributed by atoms with E-state index in [1.165, 1.54) is 12.1 Å². The van der Waals surface area contributed by atoms with Crippen LogP contribution in [0.25, 0.3) is 0 Å². The zero-order valence-corrected chi connectivity index (χ0v) is 11.6. The zero-order valence-electron chi connectivity index (χ0n) is 9.97. The fourth-order valence-corrected chi connectivity index (χ4v) is 1.80. The van der Waals surface area contributed by atoms with Crippen molar-refractivity contribution in [2.45, 2.75) is 13.5 Å². The molecule has 0 saturated heterocycles. The summed E-state index contributed by atoms with van der Waals surface area (Å²) in [6, 6.07) is 2.63. The molecule has 0 aliphatic heterocycles. The summed E-state index contributed by atoms with van der Waals surface area (Å²) < 4.78 is 32.6. The third kappa shape index (κ3) is 4.33. The molecule has 0 unspecified atom stereocenters. The molecule has 5 heteroatoms. The Labute approximate surface area is 109 Å². The Balaban J connectivity index is 2.64. The highest BCUT2D eigenvalue weighted by atomic mass is 79.9. The topological polar surface area (TPSA) is 12.5 Å². The largest absolute Gasteiger partial charge is 0.380 e. The van der Waals surface area contributed by atoms with E-state index in [1.807, 2.05) is 11.8 Å². The van der Waals surface area contributed by atoms with Crippen LogP contribution >= 0.6 is 15.9 Å². The van der Waals surface area contributed by atoms with Gasteiger partial charge in [0.25, 0.3) is 0 Å². The number of likely N-dealkylation sites (N-methyl/N-ethyl adjacent to an activating group) is 1. The van der Waals surface area contributed by atoms with Gasteiger partial charge in [-0.15, -0.1) is 0 Å². The lowest BCUT2D eigenvalue weighted by Gasteiger charge is -2.17. The Morgan fingerprint density at radius 3 is 2.71 bits per heavy atom. The molecule has 0 spiro atoms. The van der Waals surface area contributed by atoms with Gasteiger partial charge in [0.2, 0.25) is 0 Å². The molecule has 0 bridgehead atoms. The summed E-state index contributed by atoms with van der Waals surface area (Å²) in [5.74, 6) is -1.05. The lowest BCUT2D eigenvalue weighted by molar-refractivity contribution is 0.119. The maximum Gasteiger partial charge on any atom is 0.144 e. The lowest BCUT2D eigenvalue weighted by Crippen LogP contribution is -2.24. The van der Waals surface area contributed by atoms with E-state index in [0.717, 1.165) is 0 Å². The van der Waals surface area contributed by atoms with Crippen molar-refractivity contribution in [2.75, 3.05) is 26.8 Å². The second-order valence-corrected chi connectivity index (χ2v) is 4.61. The number of rotatable bonds is 6. The van der Waals surface area contributed by atoms with Gasteiger partial charge in [-0.25, -0.2) is 8.78 Å². The fraction of sp³-hybridized carbons (Fsp3) is 0.500. The Morgan fingerprint density at radius 2 is 2.06 bits per heavy atom. The van der Waals surface area contributed by atoms with E-state index < -0.39 is 11.6 Å². The van der Waals surface area contributed by atoms with Crippen LogP contribution < -0.4 is 0 Å². The first-order chi connectivity index (χ1) is 8.06. The minimum absolute atomic E-state index is 0.0818. The van der Waals surface area contributed by atoms with Crippen LogP contribution in [0, 0.1) is 11.6 Å². The number of hydrogen-bond donors (Lipinski definition) is 0. The summed E-state index contributed by atoms with van der Waals surface area (Å²) >= 11 is 3.05. The smallest absolute Gasteiger partial charge is 0.144 e. The third-order valence-electron chi connectivity index (χ3n) is 2.39. The van der Waals surface area contributed by atoms with Crippen LogP contribution in [0.3, 0.4) is 0 Å². The van der Waals surface area contributed by atoms with Crippen molar-refractivity contribution in [3.05, 3.63) is 33.8 Å². The quantitative estimate of drug-likeness (QED) is 0.591. The van der Waals surface area contributed by atoms with Crippen molar-refractivity contribution in [3.8, 4) is 0 Å². The molecule has 0 saturated carbocycles. The molecule has 17 heavy (non-hydrogen) atoms. The number of ether oxygens (including phenoxy) is 1. The van der Waals surface area contributed by atoms with Crippen LogP contribution in [0.1, 0.15) is 12.5 Å². The van der Waals surface area contributed by atoms with Gasteiger partial charge in [-0.2, -0.15) is 0 Å². The van der Waals surface area contributed by atoms with Crippen LogP contribution in [-0.2, 0) is 11.3 Å². The molecule has 0 heterocycles. The van der Waals surface area contributed by atoms with Crippen molar-refractivity contribution in [1.82, 2.24) is 4.90 Å². The first-order valence-corrected chi connectivity index (χ1v) is 6.24. The molecule has 96 valence electrons. The van der Waals surface area contributed by atoms with Gasteiger partial charge in [-0.3, -0.25) is 4.90 Å². The first-order valence-electron chi connectivity index (χ1n) is 5.45. The van der Waals surface area contributed by atoms with Gasteiger partial charge in [0.1, 0.15) is 11.6 Å². The number of halogens is 3. The van der Waals surface area contributed by atoms with E-state index in [0.29, 0.717) is 19.8 Å². The van der Waals surface area contributed by atoms with Gasteiger partial charge >= 0.3 is 0 Å². The van der Waals surface area contributed by atoms with E-state index in [4.69, 9.17) is 4.74 Å². The first kappa shape index (κ1) is 14.5. The maximum absolute atomic E-state index is 13.7. The minimum atomic E-state index is -0.534. The molecular weight excluding hydrogens is 292 g/mol. The molecule has 2 nitrogen and oxygen atoms in total. The molecule has 1 aromatic carbocycles. The molecule has 0 N–H and O–H groups in total. The molecular formula is C12H16BrF2NO. The van der Waals surface area contributed by atoms with Crippen LogP contribution in [0.15, 0.2) is 16.6 Å². The van der Waals surface area contributed by atoms with E-state index in [2.05, 4.69) is 15.9 Å². The predicted molar refractivity (Wildman–Crippen MR) is 66.9 cm³/mol. The van der Waals surface area contributed by atoms with Gasteiger partial charge in [-0.05, 0) is 42.0 Å². The highest BCUT2D eigenvalue weighted by Crippen LogP contribution is 2.22. The molecule has 1 aromatic rings. The fourth-order valence-electron chi connectivity index (χ4n) is 1.43. The maximum atomic E-state index is 13.7. The van der Waals surface area contributed by atoms with Crippen molar-refractivity contribution < 1.29 is 13.5 Å². The standard InChI is InChI=1S/C12H16BrF2NO/c1-3-17-7-6-16(2)8-9-11(14)5-4-10(13)12(9)15/h4-5H,3,6-8H2,1-2H3. The average molecular weight is 308 g/mol. The highest BCUT2D eigenvalue weighted by Gasteiger charge is 2.13. The monoisotopic (exact) mass is 307 g/mol. The van der Waals surface area contributed by atoms with Crippen molar-refractivity contribution in [2.24, 2.45) is 0 Å². The van der Waals surface area contributed by atoms with Crippen LogP contribution in [0.4, 0.5) is 8.78 Å². The summed E-state index contributed by atoms with van der Waals surface area (Å²) in [5, 5.41) is 0. The predicted octanol–water partition coefficient (Wildman–Crippen LogP) is 3.20. The van der Waals surface area contributed by atoms with Crippen molar-refractivity contribution >= 4 is 15.9 Å². The normalized spacial score (nSPS) is 11.2. The highest BCUT2D eigenvalue weighted by molar-refractivity contribution is 9.10. The number of benzene rings is 1. The van der Waals surface area contributed by atoms with E-state index >= 15 is 0 Å². The van der Waals surface area contributed by atoms with Gasteiger partial charge in [0.15, 0.2) is 0 Å². The number of hydrogen-bond acceptors (Lipinski definition) is 2. The molecule has 0 fully saturated rings. The third-order valence-corrected chi connectivity index (χ3v) is 3.00. The lowest BCUT2D eigenvalue weighted by atomic mass is 10.2.